The van der Waals surface area contributed by atoms with Crippen molar-refractivity contribution in [3.05, 3.63) is 29.5 Å². The van der Waals surface area contributed by atoms with Crippen molar-refractivity contribution in [1.29, 1.82) is 0 Å². The molecule has 1 aromatic heterocycles. The summed E-state index contributed by atoms with van der Waals surface area (Å²) in [5, 5.41) is 0.711. The molecule has 0 aliphatic carbocycles. The predicted molar refractivity (Wildman–Crippen MR) is 34.2 cm³/mol. The Labute approximate surface area is 58.6 Å². The lowest BCUT2D eigenvalue weighted by molar-refractivity contribution is -0.885. The molecule has 0 saturated carbocycles. The number of rotatable bonds is 1. The molecule has 0 aliphatic heterocycles. The molecule has 0 saturated heterocycles. The zero-order chi connectivity index (χ0) is 6.69. The van der Waals surface area contributed by atoms with Crippen LogP contribution in [0, 0.1) is 0 Å². The van der Waals surface area contributed by atoms with Gasteiger partial charge in [0, 0.05) is 16.9 Å². The summed E-state index contributed by atoms with van der Waals surface area (Å²) in [5.74, 6) is 0. The molecule has 0 atom stereocenters. The van der Waals surface area contributed by atoms with Crippen LogP contribution in [0.5, 0.6) is 0 Å². The van der Waals surface area contributed by atoms with E-state index in [4.69, 9.17) is 16.4 Å². The van der Waals surface area contributed by atoms with E-state index in [2.05, 4.69) is 0 Å². The van der Waals surface area contributed by atoms with Crippen LogP contribution < -0.4 is 9.57 Å². The zero-order valence-corrected chi connectivity index (χ0v) is 5.80. The predicted octanol–water partition coefficient (Wildman–Crippen LogP) is 0.686. The maximum absolute atomic E-state index is 5.60. The summed E-state index contributed by atoms with van der Waals surface area (Å²) in [7, 11) is 1.59. The van der Waals surface area contributed by atoms with Gasteiger partial charge in [-0.3, -0.25) is 4.84 Å². The van der Waals surface area contributed by atoms with Crippen molar-refractivity contribution in [1.82, 2.24) is 0 Å². The van der Waals surface area contributed by atoms with Crippen molar-refractivity contribution in [3.8, 4) is 0 Å². The monoisotopic (exact) mass is 144 g/mol. The van der Waals surface area contributed by atoms with Gasteiger partial charge in [0.1, 0.15) is 7.11 Å². The minimum Gasteiger partial charge on any atom is -0.275 e. The topological polar surface area (TPSA) is 13.1 Å². The van der Waals surface area contributed by atoms with Crippen molar-refractivity contribution in [2.45, 2.75) is 0 Å². The highest BCUT2D eigenvalue weighted by atomic mass is 35.5. The van der Waals surface area contributed by atoms with Crippen LogP contribution in [-0.2, 0) is 0 Å². The fourth-order valence-electron chi connectivity index (χ4n) is 0.516. The molecule has 3 heteroatoms. The summed E-state index contributed by atoms with van der Waals surface area (Å²) < 4.78 is 1.56. The molecule has 0 fully saturated rings. The van der Waals surface area contributed by atoms with Gasteiger partial charge in [-0.15, -0.1) is 0 Å². The van der Waals surface area contributed by atoms with E-state index in [-0.39, 0.29) is 0 Å². The summed E-state index contributed by atoms with van der Waals surface area (Å²) in [6.45, 7) is 0. The van der Waals surface area contributed by atoms with Gasteiger partial charge in [-0.2, -0.15) is 0 Å². The number of nitrogens with zero attached hydrogens (tertiary/aromatic N) is 1. The number of hydrogen-bond acceptors (Lipinski definition) is 1. The molecule has 0 bridgehead atoms. The standard InChI is InChI=1S/C6H7ClNO/c1-9-8-4-2-6(7)3-5-8/h2-5H,1H3/q+1. The summed E-state index contributed by atoms with van der Waals surface area (Å²) in [5.41, 5.74) is 0. The quantitative estimate of drug-likeness (QED) is 0.529. The normalized spacial score (nSPS) is 9.11. The molecular weight excluding hydrogens is 138 g/mol. The minimum absolute atomic E-state index is 0.711. The Morgan fingerprint density at radius 3 is 2.44 bits per heavy atom. The molecule has 1 aromatic rings. The van der Waals surface area contributed by atoms with Crippen LogP contribution >= 0.6 is 11.6 Å². The third-order valence-electron chi connectivity index (χ3n) is 0.972. The summed E-state index contributed by atoms with van der Waals surface area (Å²) in [6, 6.07) is 3.51. The first-order valence-electron chi connectivity index (χ1n) is 2.54. The molecule has 0 radical (unpaired) electrons. The Hall–Kier alpha value is -0.760. The highest BCUT2D eigenvalue weighted by Crippen LogP contribution is 2.00. The molecule has 0 aromatic carbocycles. The van der Waals surface area contributed by atoms with Gasteiger partial charge in [0.05, 0.1) is 5.02 Å². The van der Waals surface area contributed by atoms with E-state index in [1.54, 1.807) is 36.4 Å². The molecule has 0 amide bonds. The Bertz CT molecular complexity index is 185. The molecule has 0 N–H and O–H groups in total. The maximum atomic E-state index is 5.60. The van der Waals surface area contributed by atoms with Crippen LogP contribution in [0.1, 0.15) is 0 Å². The average molecular weight is 145 g/mol. The Morgan fingerprint density at radius 2 is 2.00 bits per heavy atom. The second kappa shape index (κ2) is 2.69. The number of pyridine rings is 1. The summed E-state index contributed by atoms with van der Waals surface area (Å²) >= 11 is 5.60. The number of aromatic nitrogens is 1. The van der Waals surface area contributed by atoms with Gasteiger partial charge < -0.3 is 0 Å². The molecule has 1 heterocycles. The van der Waals surface area contributed by atoms with Crippen LogP contribution in [0.25, 0.3) is 0 Å². The fraction of sp³-hybridized carbons (Fsp3) is 0.167. The van der Waals surface area contributed by atoms with Gasteiger partial charge in [-0.25, -0.2) is 0 Å². The zero-order valence-electron chi connectivity index (χ0n) is 5.04. The van der Waals surface area contributed by atoms with Crippen molar-refractivity contribution < 1.29 is 9.57 Å². The van der Waals surface area contributed by atoms with E-state index in [1.807, 2.05) is 0 Å². The Kier molecular flexibility index (Phi) is 1.90. The first-order chi connectivity index (χ1) is 4.33. The van der Waals surface area contributed by atoms with Crippen molar-refractivity contribution in [2.24, 2.45) is 0 Å². The van der Waals surface area contributed by atoms with Crippen molar-refractivity contribution in [2.75, 3.05) is 7.11 Å². The molecular formula is C6H7ClNO+. The lowest BCUT2D eigenvalue weighted by atomic mass is 10.5. The van der Waals surface area contributed by atoms with Crippen LogP contribution in [0.15, 0.2) is 24.5 Å². The van der Waals surface area contributed by atoms with Crippen LogP contribution in [0.2, 0.25) is 5.02 Å². The highest BCUT2D eigenvalue weighted by Gasteiger charge is 1.94. The lowest BCUT2D eigenvalue weighted by Crippen LogP contribution is -2.39. The van der Waals surface area contributed by atoms with Gasteiger partial charge in [-0.05, 0) is 0 Å². The molecule has 0 aliphatic rings. The molecule has 48 valence electrons. The van der Waals surface area contributed by atoms with E-state index in [9.17, 15) is 0 Å². The second-order valence-electron chi connectivity index (χ2n) is 1.56. The maximum Gasteiger partial charge on any atom is 0.223 e. The summed E-state index contributed by atoms with van der Waals surface area (Å²) in [6.07, 6.45) is 3.48. The third-order valence-corrected chi connectivity index (χ3v) is 1.22. The number of halogens is 1. The first kappa shape index (κ1) is 6.36. The van der Waals surface area contributed by atoms with E-state index in [1.165, 1.54) is 0 Å². The SMILES string of the molecule is CO[n+]1ccc(Cl)cc1. The Balaban J connectivity index is 2.88. The molecule has 0 spiro atoms. The van der Waals surface area contributed by atoms with Gasteiger partial charge in [0.25, 0.3) is 0 Å². The van der Waals surface area contributed by atoms with Gasteiger partial charge in [0.2, 0.25) is 12.4 Å². The molecule has 0 unspecified atom stereocenters. The van der Waals surface area contributed by atoms with E-state index in [0.717, 1.165) is 0 Å². The van der Waals surface area contributed by atoms with Crippen molar-refractivity contribution >= 4 is 11.6 Å². The van der Waals surface area contributed by atoms with Crippen LogP contribution in [-0.4, -0.2) is 7.11 Å². The highest BCUT2D eigenvalue weighted by molar-refractivity contribution is 6.30. The number of hydrogen-bond donors (Lipinski definition) is 0. The first-order valence-corrected chi connectivity index (χ1v) is 2.92. The minimum atomic E-state index is 0.711. The van der Waals surface area contributed by atoms with Gasteiger partial charge in [-0.1, -0.05) is 11.6 Å². The largest absolute Gasteiger partial charge is 0.275 e. The molecule has 2 nitrogen and oxygen atoms in total. The van der Waals surface area contributed by atoms with Crippen LogP contribution in [0.3, 0.4) is 0 Å². The van der Waals surface area contributed by atoms with Crippen LogP contribution in [0.4, 0.5) is 0 Å². The second-order valence-corrected chi connectivity index (χ2v) is 2.00. The van der Waals surface area contributed by atoms with Gasteiger partial charge >= 0.3 is 0 Å². The third kappa shape index (κ3) is 1.57. The molecule has 1 rings (SSSR count). The Morgan fingerprint density at radius 1 is 1.44 bits per heavy atom. The van der Waals surface area contributed by atoms with E-state index < -0.39 is 0 Å². The summed E-state index contributed by atoms with van der Waals surface area (Å²) in [4.78, 5) is 4.83. The molecule has 9 heavy (non-hydrogen) atoms. The van der Waals surface area contributed by atoms with Crippen molar-refractivity contribution in [3.63, 3.8) is 0 Å². The van der Waals surface area contributed by atoms with Gasteiger partial charge in [0.15, 0.2) is 0 Å². The lowest BCUT2D eigenvalue weighted by Gasteiger charge is -1.87. The average Bonchev–Trinajstić information content (AvgIpc) is 1.90. The van der Waals surface area contributed by atoms with E-state index >= 15 is 0 Å². The van der Waals surface area contributed by atoms with E-state index in [0.29, 0.717) is 5.02 Å². The fourth-order valence-corrected chi connectivity index (χ4v) is 0.629. The smallest absolute Gasteiger partial charge is 0.223 e.